The molecule has 0 spiro atoms. The van der Waals surface area contributed by atoms with Crippen LogP contribution in [0, 0.1) is 0 Å². The van der Waals surface area contributed by atoms with Gasteiger partial charge in [0.2, 0.25) is 5.91 Å². The van der Waals surface area contributed by atoms with Crippen molar-refractivity contribution in [1.82, 2.24) is 0 Å². The third-order valence-corrected chi connectivity index (χ3v) is 6.92. The lowest BCUT2D eigenvalue weighted by Crippen LogP contribution is -2.38. The highest BCUT2D eigenvalue weighted by molar-refractivity contribution is 7.92. The van der Waals surface area contributed by atoms with E-state index in [0.717, 1.165) is 4.31 Å². The van der Waals surface area contributed by atoms with E-state index in [1.54, 1.807) is 42.5 Å². The minimum Gasteiger partial charge on any atom is -0.493 e. The number of nitrogens with zero attached hydrogens (tertiary/aromatic N) is 1. The molecule has 0 aromatic heterocycles. The van der Waals surface area contributed by atoms with Gasteiger partial charge in [-0.3, -0.25) is 9.10 Å². The van der Waals surface area contributed by atoms with Crippen molar-refractivity contribution in [1.29, 1.82) is 0 Å². The first kappa shape index (κ1) is 23.7. The maximum atomic E-state index is 13.4. The van der Waals surface area contributed by atoms with E-state index in [-0.39, 0.29) is 26.3 Å². The van der Waals surface area contributed by atoms with Gasteiger partial charge in [-0.2, -0.15) is 0 Å². The van der Waals surface area contributed by atoms with Gasteiger partial charge in [-0.1, -0.05) is 47.5 Å². The molecule has 3 aromatic carbocycles. The number of benzene rings is 3. The zero-order valence-electron chi connectivity index (χ0n) is 17.2. The fourth-order valence-electron chi connectivity index (χ4n) is 2.94. The smallest absolute Gasteiger partial charge is 0.264 e. The van der Waals surface area contributed by atoms with Gasteiger partial charge in [0.05, 0.1) is 40.5 Å². The van der Waals surface area contributed by atoms with E-state index < -0.39 is 22.5 Å². The summed E-state index contributed by atoms with van der Waals surface area (Å²) in [7, 11) is -1.19. The van der Waals surface area contributed by atoms with E-state index in [2.05, 4.69) is 5.32 Å². The van der Waals surface area contributed by atoms with E-state index >= 15 is 0 Å². The number of amides is 1. The maximum absolute atomic E-state index is 13.4. The first-order chi connectivity index (χ1) is 15.3. The molecule has 168 valence electrons. The molecule has 0 bridgehead atoms. The number of ether oxygens (including phenoxy) is 2. The second kappa shape index (κ2) is 10.1. The van der Waals surface area contributed by atoms with Crippen molar-refractivity contribution in [3.8, 4) is 11.5 Å². The standard InChI is InChI=1S/C22H20Cl2N2O5S/c1-30-19-12-11-15(13-20(19)31-2)26(32(28,29)16-7-4-3-5-8-16)14-21(27)25-22-17(23)9-6-10-18(22)24/h3-13H,14H2,1-2H3,(H,25,27). The number of anilines is 2. The second-order valence-corrected chi connectivity index (χ2v) is 9.19. The summed E-state index contributed by atoms with van der Waals surface area (Å²) in [6.45, 7) is -0.533. The van der Waals surface area contributed by atoms with Gasteiger partial charge in [-0.25, -0.2) is 8.42 Å². The molecule has 1 amide bonds. The SMILES string of the molecule is COc1ccc(N(CC(=O)Nc2c(Cl)cccc2Cl)S(=O)(=O)c2ccccc2)cc1OC. The Morgan fingerprint density at radius 3 is 2.12 bits per heavy atom. The summed E-state index contributed by atoms with van der Waals surface area (Å²) in [6, 6.07) is 17.1. The average molecular weight is 495 g/mol. The Balaban J connectivity index is 2.02. The number of sulfonamides is 1. The molecule has 0 atom stereocenters. The summed E-state index contributed by atoms with van der Waals surface area (Å²) >= 11 is 12.2. The molecule has 0 aliphatic heterocycles. The van der Waals surface area contributed by atoms with Gasteiger partial charge in [0, 0.05) is 6.07 Å². The molecule has 3 aromatic rings. The van der Waals surface area contributed by atoms with Crippen LogP contribution in [0.5, 0.6) is 11.5 Å². The predicted molar refractivity (Wildman–Crippen MR) is 126 cm³/mol. The van der Waals surface area contributed by atoms with Crippen LogP contribution in [0.3, 0.4) is 0 Å². The van der Waals surface area contributed by atoms with Gasteiger partial charge in [0.25, 0.3) is 10.0 Å². The molecule has 0 radical (unpaired) electrons. The topological polar surface area (TPSA) is 84.9 Å². The molecule has 7 nitrogen and oxygen atoms in total. The van der Waals surface area contributed by atoms with Crippen molar-refractivity contribution in [2.75, 3.05) is 30.4 Å². The molecule has 0 saturated heterocycles. The van der Waals surface area contributed by atoms with Gasteiger partial charge < -0.3 is 14.8 Å². The van der Waals surface area contributed by atoms with Crippen molar-refractivity contribution in [2.24, 2.45) is 0 Å². The molecule has 0 fully saturated rings. The fraction of sp³-hybridized carbons (Fsp3) is 0.136. The molecule has 0 heterocycles. The Bertz CT molecular complexity index is 1200. The third-order valence-electron chi connectivity index (χ3n) is 4.50. The normalized spacial score (nSPS) is 11.0. The number of halogens is 2. The lowest BCUT2D eigenvalue weighted by molar-refractivity contribution is -0.114. The summed E-state index contributed by atoms with van der Waals surface area (Å²) in [6.07, 6.45) is 0. The van der Waals surface area contributed by atoms with Gasteiger partial charge >= 0.3 is 0 Å². The first-order valence-corrected chi connectivity index (χ1v) is 11.5. The number of carbonyl (C=O) groups is 1. The minimum absolute atomic E-state index is 0.0263. The van der Waals surface area contributed by atoms with Crippen molar-refractivity contribution in [3.63, 3.8) is 0 Å². The summed E-state index contributed by atoms with van der Waals surface area (Å²) in [5, 5.41) is 3.05. The van der Waals surface area contributed by atoms with Crippen molar-refractivity contribution < 1.29 is 22.7 Å². The number of hydrogen-bond donors (Lipinski definition) is 1. The number of nitrogens with one attached hydrogen (secondary N) is 1. The lowest BCUT2D eigenvalue weighted by atomic mass is 10.2. The second-order valence-electron chi connectivity index (χ2n) is 6.51. The molecule has 3 rings (SSSR count). The van der Waals surface area contributed by atoms with Crippen LogP contribution in [0.25, 0.3) is 0 Å². The predicted octanol–water partition coefficient (Wildman–Crippen LogP) is 4.84. The van der Waals surface area contributed by atoms with Crippen LogP contribution in [-0.2, 0) is 14.8 Å². The molecule has 10 heteroatoms. The van der Waals surface area contributed by atoms with Crippen LogP contribution in [0.4, 0.5) is 11.4 Å². The van der Waals surface area contributed by atoms with Gasteiger partial charge in [0.15, 0.2) is 11.5 Å². The fourth-order valence-corrected chi connectivity index (χ4v) is 4.87. The van der Waals surface area contributed by atoms with E-state index in [0.29, 0.717) is 11.5 Å². The van der Waals surface area contributed by atoms with Gasteiger partial charge in [0.1, 0.15) is 6.54 Å². The van der Waals surface area contributed by atoms with Crippen LogP contribution < -0.4 is 19.1 Å². The number of hydrogen-bond acceptors (Lipinski definition) is 5. The van der Waals surface area contributed by atoms with Crippen molar-refractivity contribution in [2.45, 2.75) is 4.90 Å². The van der Waals surface area contributed by atoms with Crippen LogP contribution in [0.2, 0.25) is 10.0 Å². The minimum atomic E-state index is -4.10. The Morgan fingerprint density at radius 1 is 0.906 bits per heavy atom. The monoisotopic (exact) mass is 494 g/mol. The first-order valence-electron chi connectivity index (χ1n) is 9.31. The van der Waals surface area contributed by atoms with E-state index in [4.69, 9.17) is 32.7 Å². The Morgan fingerprint density at radius 2 is 1.53 bits per heavy atom. The van der Waals surface area contributed by atoms with Gasteiger partial charge in [-0.05, 0) is 36.4 Å². The molecule has 0 aliphatic rings. The van der Waals surface area contributed by atoms with E-state index in [9.17, 15) is 13.2 Å². The van der Waals surface area contributed by atoms with Crippen LogP contribution in [0.15, 0.2) is 71.6 Å². The molecular formula is C22H20Cl2N2O5S. The number of para-hydroxylation sites is 1. The molecule has 0 aliphatic carbocycles. The highest BCUT2D eigenvalue weighted by Gasteiger charge is 2.28. The average Bonchev–Trinajstić information content (AvgIpc) is 2.80. The largest absolute Gasteiger partial charge is 0.493 e. The quantitative estimate of drug-likeness (QED) is 0.483. The zero-order valence-corrected chi connectivity index (χ0v) is 19.5. The molecule has 1 N–H and O–H groups in total. The molecular weight excluding hydrogens is 475 g/mol. The van der Waals surface area contributed by atoms with Crippen LogP contribution in [-0.4, -0.2) is 35.1 Å². The number of methoxy groups -OCH3 is 2. The molecule has 32 heavy (non-hydrogen) atoms. The summed E-state index contributed by atoms with van der Waals surface area (Å²) in [5.74, 6) is 0.0997. The lowest BCUT2D eigenvalue weighted by Gasteiger charge is -2.25. The third kappa shape index (κ3) is 5.09. The number of rotatable bonds is 8. The number of carbonyl (C=O) groups excluding carboxylic acids is 1. The van der Waals surface area contributed by atoms with Crippen LogP contribution >= 0.6 is 23.2 Å². The Hall–Kier alpha value is -2.94. The highest BCUT2D eigenvalue weighted by atomic mass is 35.5. The summed E-state index contributed by atoms with van der Waals surface area (Å²) in [4.78, 5) is 12.9. The van der Waals surface area contributed by atoms with Crippen molar-refractivity contribution in [3.05, 3.63) is 76.8 Å². The van der Waals surface area contributed by atoms with Gasteiger partial charge in [-0.15, -0.1) is 0 Å². The maximum Gasteiger partial charge on any atom is 0.264 e. The Labute approximate surface area is 196 Å². The molecule has 0 unspecified atom stereocenters. The Kier molecular flexibility index (Phi) is 7.50. The van der Waals surface area contributed by atoms with E-state index in [1.807, 2.05) is 0 Å². The van der Waals surface area contributed by atoms with E-state index in [1.165, 1.54) is 38.5 Å². The molecule has 0 saturated carbocycles. The highest BCUT2D eigenvalue weighted by Crippen LogP contribution is 2.34. The summed E-state index contributed by atoms with van der Waals surface area (Å²) in [5.41, 5.74) is 0.414. The van der Waals surface area contributed by atoms with Crippen LogP contribution in [0.1, 0.15) is 0 Å². The zero-order chi connectivity index (χ0) is 23.3. The summed E-state index contributed by atoms with van der Waals surface area (Å²) < 4.78 is 38.4. The van der Waals surface area contributed by atoms with Crippen molar-refractivity contribution >= 4 is 50.5 Å².